The summed E-state index contributed by atoms with van der Waals surface area (Å²) < 4.78 is 6.17. The molecule has 104 valence electrons. The minimum Gasteiger partial charge on any atom is -0.484 e. The lowest BCUT2D eigenvalue weighted by molar-refractivity contribution is -0.138. The van der Waals surface area contributed by atoms with E-state index in [0.717, 1.165) is 4.47 Å². The molecular weight excluding hydrogens is 314 g/mol. The van der Waals surface area contributed by atoms with Crippen molar-refractivity contribution in [1.82, 2.24) is 5.32 Å². The van der Waals surface area contributed by atoms with E-state index in [4.69, 9.17) is 9.84 Å². The van der Waals surface area contributed by atoms with E-state index in [1.165, 1.54) is 0 Å². The van der Waals surface area contributed by atoms with Crippen molar-refractivity contribution < 1.29 is 19.4 Å². The Hall–Kier alpha value is -1.56. The summed E-state index contributed by atoms with van der Waals surface area (Å²) in [4.78, 5) is 22.3. The molecule has 1 amide bonds. The third kappa shape index (κ3) is 6.24. The van der Waals surface area contributed by atoms with Crippen LogP contribution >= 0.6 is 15.9 Å². The van der Waals surface area contributed by atoms with Crippen LogP contribution in [0.25, 0.3) is 0 Å². The monoisotopic (exact) mass is 329 g/mol. The van der Waals surface area contributed by atoms with Gasteiger partial charge >= 0.3 is 5.97 Å². The Bertz CT molecular complexity index is 473. The van der Waals surface area contributed by atoms with Crippen molar-refractivity contribution in [3.8, 4) is 5.75 Å². The molecule has 0 aliphatic carbocycles. The average molecular weight is 330 g/mol. The number of carbonyl (C=O) groups is 2. The first-order valence-corrected chi connectivity index (χ1v) is 6.49. The normalized spacial score (nSPS) is 10.9. The first kappa shape index (κ1) is 15.5. The minimum atomic E-state index is -0.960. The van der Waals surface area contributed by atoms with Crippen molar-refractivity contribution in [3.63, 3.8) is 0 Å². The molecule has 0 aliphatic rings. The Morgan fingerprint density at radius 1 is 1.42 bits per heavy atom. The molecule has 0 aromatic heterocycles. The predicted octanol–water partition coefficient (Wildman–Crippen LogP) is 2.20. The van der Waals surface area contributed by atoms with Gasteiger partial charge in [0.05, 0.1) is 6.42 Å². The Labute approximate surface area is 120 Å². The second-order valence-corrected chi connectivity index (χ2v) is 5.66. The van der Waals surface area contributed by atoms with Crippen LogP contribution in [0.2, 0.25) is 0 Å². The van der Waals surface area contributed by atoms with E-state index < -0.39 is 11.5 Å². The topological polar surface area (TPSA) is 75.6 Å². The number of hydrogen-bond acceptors (Lipinski definition) is 3. The zero-order chi connectivity index (χ0) is 14.5. The highest BCUT2D eigenvalue weighted by atomic mass is 79.9. The maximum atomic E-state index is 11.7. The van der Waals surface area contributed by atoms with Crippen LogP contribution in [0.4, 0.5) is 0 Å². The average Bonchev–Trinajstić information content (AvgIpc) is 2.24. The Kier molecular flexibility index (Phi) is 5.35. The van der Waals surface area contributed by atoms with E-state index in [-0.39, 0.29) is 18.9 Å². The number of nitrogens with one attached hydrogen (secondary N) is 1. The lowest BCUT2D eigenvalue weighted by Crippen LogP contribution is -2.46. The maximum absolute atomic E-state index is 11.7. The third-order valence-electron chi connectivity index (χ3n) is 2.24. The zero-order valence-corrected chi connectivity index (χ0v) is 12.4. The molecule has 19 heavy (non-hydrogen) atoms. The summed E-state index contributed by atoms with van der Waals surface area (Å²) >= 11 is 3.30. The molecule has 6 heteroatoms. The molecule has 0 fully saturated rings. The molecule has 0 atom stereocenters. The van der Waals surface area contributed by atoms with Crippen molar-refractivity contribution in [3.05, 3.63) is 28.7 Å². The zero-order valence-electron chi connectivity index (χ0n) is 10.8. The quantitative estimate of drug-likeness (QED) is 0.838. The van der Waals surface area contributed by atoms with E-state index in [2.05, 4.69) is 21.2 Å². The van der Waals surface area contributed by atoms with Gasteiger partial charge in [0.25, 0.3) is 5.91 Å². The van der Waals surface area contributed by atoms with Crippen LogP contribution in [0.3, 0.4) is 0 Å². The molecule has 0 saturated heterocycles. The lowest BCUT2D eigenvalue weighted by atomic mass is 10.0. The van der Waals surface area contributed by atoms with Gasteiger partial charge in [-0.2, -0.15) is 0 Å². The second kappa shape index (κ2) is 6.56. The van der Waals surface area contributed by atoms with Crippen LogP contribution in [-0.2, 0) is 9.59 Å². The SMILES string of the molecule is CC(C)(CC(=O)O)NC(=O)COc1cccc(Br)c1. The van der Waals surface area contributed by atoms with Gasteiger partial charge < -0.3 is 15.2 Å². The van der Waals surface area contributed by atoms with Crippen molar-refractivity contribution in [2.24, 2.45) is 0 Å². The van der Waals surface area contributed by atoms with Gasteiger partial charge in [-0.1, -0.05) is 22.0 Å². The molecule has 2 N–H and O–H groups in total. The number of carboxylic acids is 1. The number of carbonyl (C=O) groups excluding carboxylic acids is 1. The van der Waals surface area contributed by atoms with Gasteiger partial charge in [0.2, 0.25) is 0 Å². The van der Waals surface area contributed by atoms with Crippen LogP contribution < -0.4 is 10.1 Å². The van der Waals surface area contributed by atoms with Crippen LogP contribution in [0.5, 0.6) is 5.75 Å². The van der Waals surface area contributed by atoms with Crippen LogP contribution in [0, 0.1) is 0 Å². The largest absolute Gasteiger partial charge is 0.484 e. The lowest BCUT2D eigenvalue weighted by Gasteiger charge is -2.24. The molecule has 0 unspecified atom stereocenters. The Morgan fingerprint density at radius 2 is 2.11 bits per heavy atom. The van der Waals surface area contributed by atoms with Gasteiger partial charge in [-0.25, -0.2) is 0 Å². The minimum absolute atomic E-state index is 0.143. The van der Waals surface area contributed by atoms with Gasteiger partial charge in [0.15, 0.2) is 6.61 Å². The van der Waals surface area contributed by atoms with E-state index in [1.807, 2.05) is 6.07 Å². The third-order valence-corrected chi connectivity index (χ3v) is 2.73. The molecule has 1 aromatic carbocycles. The van der Waals surface area contributed by atoms with Gasteiger partial charge in [0, 0.05) is 10.0 Å². The molecule has 0 heterocycles. The molecule has 0 bridgehead atoms. The maximum Gasteiger partial charge on any atom is 0.305 e. The summed E-state index contributed by atoms with van der Waals surface area (Å²) in [6, 6.07) is 7.13. The van der Waals surface area contributed by atoms with Crippen LogP contribution in [0.15, 0.2) is 28.7 Å². The summed E-state index contributed by atoms with van der Waals surface area (Å²) in [5, 5.41) is 11.3. The van der Waals surface area contributed by atoms with Crippen LogP contribution in [0.1, 0.15) is 20.3 Å². The number of rotatable bonds is 6. The summed E-state index contributed by atoms with van der Waals surface area (Å²) in [5.74, 6) is -0.745. The summed E-state index contributed by atoms with van der Waals surface area (Å²) in [6.45, 7) is 3.15. The van der Waals surface area contributed by atoms with Gasteiger partial charge in [0.1, 0.15) is 5.75 Å². The molecule has 1 aromatic rings. The van der Waals surface area contributed by atoms with Crippen molar-refractivity contribution in [2.45, 2.75) is 25.8 Å². The molecule has 1 rings (SSSR count). The standard InChI is InChI=1S/C13H16BrNO4/c1-13(2,7-12(17)18)15-11(16)8-19-10-5-3-4-9(14)6-10/h3-6H,7-8H2,1-2H3,(H,15,16)(H,17,18). The predicted molar refractivity (Wildman–Crippen MR) is 74.1 cm³/mol. The fraction of sp³-hybridized carbons (Fsp3) is 0.385. The molecule has 0 aliphatic heterocycles. The van der Waals surface area contributed by atoms with Gasteiger partial charge in [-0.05, 0) is 32.0 Å². The molecular formula is C13H16BrNO4. The Balaban J connectivity index is 2.46. The molecule has 0 radical (unpaired) electrons. The van der Waals surface area contributed by atoms with E-state index in [1.54, 1.807) is 32.0 Å². The molecule has 0 saturated carbocycles. The van der Waals surface area contributed by atoms with E-state index in [9.17, 15) is 9.59 Å². The van der Waals surface area contributed by atoms with E-state index in [0.29, 0.717) is 5.75 Å². The number of benzene rings is 1. The Morgan fingerprint density at radius 3 is 2.68 bits per heavy atom. The fourth-order valence-electron chi connectivity index (χ4n) is 1.54. The van der Waals surface area contributed by atoms with Crippen molar-refractivity contribution >= 4 is 27.8 Å². The summed E-state index contributed by atoms with van der Waals surface area (Å²) in [5.41, 5.74) is -0.802. The highest BCUT2D eigenvalue weighted by molar-refractivity contribution is 9.10. The number of ether oxygens (including phenoxy) is 1. The molecule has 0 spiro atoms. The smallest absolute Gasteiger partial charge is 0.305 e. The fourth-order valence-corrected chi connectivity index (χ4v) is 1.92. The number of amides is 1. The highest BCUT2D eigenvalue weighted by Gasteiger charge is 2.23. The van der Waals surface area contributed by atoms with Gasteiger partial charge in [-0.15, -0.1) is 0 Å². The summed E-state index contributed by atoms with van der Waals surface area (Å²) in [7, 11) is 0. The number of hydrogen-bond donors (Lipinski definition) is 2. The second-order valence-electron chi connectivity index (χ2n) is 4.75. The van der Waals surface area contributed by atoms with Crippen molar-refractivity contribution in [1.29, 1.82) is 0 Å². The van der Waals surface area contributed by atoms with E-state index >= 15 is 0 Å². The molecule has 5 nitrogen and oxygen atoms in total. The number of carboxylic acid groups (broad SMARTS) is 1. The summed E-state index contributed by atoms with van der Waals surface area (Å²) in [6.07, 6.45) is -0.143. The van der Waals surface area contributed by atoms with Gasteiger partial charge in [-0.3, -0.25) is 9.59 Å². The van der Waals surface area contributed by atoms with Crippen molar-refractivity contribution in [2.75, 3.05) is 6.61 Å². The highest BCUT2D eigenvalue weighted by Crippen LogP contribution is 2.17. The number of halogens is 1. The number of aliphatic carboxylic acids is 1. The van der Waals surface area contributed by atoms with Crippen LogP contribution in [-0.4, -0.2) is 29.1 Å². The first-order chi connectivity index (χ1) is 8.78. The first-order valence-electron chi connectivity index (χ1n) is 5.70.